The molecular weight excluding hydrogens is 334 g/mol. The summed E-state index contributed by atoms with van der Waals surface area (Å²) in [5, 5.41) is 3.02. The Morgan fingerprint density at radius 1 is 1.07 bits per heavy atom. The van der Waals surface area contributed by atoms with Gasteiger partial charge in [0.25, 0.3) is 5.91 Å². The molecule has 27 heavy (non-hydrogen) atoms. The summed E-state index contributed by atoms with van der Waals surface area (Å²) >= 11 is 0. The molecule has 2 aromatic carbocycles. The van der Waals surface area contributed by atoms with E-state index in [1.165, 1.54) is 11.1 Å². The number of hydrogen-bond donors (Lipinski definition) is 1. The first-order valence-corrected chi connectivity index (χ1v) is 10.0. The van der Waals surface area contributed by atoms with Crippen LogP contribution in [-0.2, 0) is 11.2 Å². The molecule has 0 unspecified atom stereocenters. The van der Waals surface area contributed by atoms with Crippen LogP contribution in [-0.4, -0.2) is 18.6 Å². The van der Waals surface area contributed by atoms with Crippen LogP contribution in [0.15, 0.2) is 42.5 Å². The average Bonchev–Trinajstić information content (AvgIpc) is 2.66. The van der Waals surface area contributed by atoms with Crippen LogP contribution in [0.25, 0.3) is 0 Å². The van der Waals surface area contributed by atoms with E-state index in [0.717, 1.165) is 29.7 Å². The molecule has 0 saturated heterocycles. The highest BCUT2D eigenvalue weighted by Crippen LogP contribution is 2.21. The molecule has 0 bridgehead atoms. The second kappa shape index (κ2) is 10.1. The quantitative estimate of drug-likeness (QED) is 0.608. The first-order chi connectivity index (χ1) is 12.9. The molecule has 0 aliphatic carbocycles. The third-order valence-electron chi connectivity index (χ3n) is 4.86. The predicted octanol–water partition coefficient (Wildman–Crippen LogP) is 5.33. The van der Waals surface area contributed by atoms with E-state index in [1.807, 2.05) is 32.9 Å². The predicted molar refractivity (Wildman–Crippen MR) is 112 cm³/mol. The Morgan fingerprint density at radius 3 is 2.41 bits per heavy atom. The summed E-state index contributed by atoms with van der Waals surface area (Å²) < 4.78 is 5.98. The topological polar surface area (TPSA) is 38.3 Å². The fraction of sp³-hybridized carbons (Fsp3) is 0.458. The molecule has 3 heteroatoms. The van der Waals surface area contributed by atoms with Crippen LogP contribution in [0.1, 0.15) is 61.8 Å². The van der Waals surface area contributed by atoms with Gasteiger partial charge in [0.15, 0.2) is 6.10 Å². The Bertz CT molecular complexity index is 735. The lowest BCUT2D eigenvalue weighted by atomic mass is 10.0. The zero-order valence-electron chi connectivity index (χ0n) is 17.3. The number of benzene rings is 2. The van der Waals surface area contributed by atoms with Crippen LogP contribution in [0.3, 0.4) is 0 Å². The molecule has 2 aromatic rings. The van der Waals surface area contributed by atoms with Gasteiger partial charge in [0.05, 0.1) is 0 Å². The maximum absolute atomic E-state index is 12.5. The first-order valence-electron chi connectivity index (χ1n) is 10.0. The van der Waals surface area contributed by atoms with Gasteiger partial charge in [-0.2, -0.15) is 0 Å². The first kappa shape index (κ1) is 21.0. The SMILES string of the molecule is CC[C@@H](Oc1cc(C)ccc1C)C(=O)NCCCc1ccc(C(C)C)cc1. The summed E-state index contributed by atoms with van der Waals surface area (Å²) in [6.07, 6.45) is 2.09. The maximum atomic E-state index is 12.5. The van der Waals surface area contributed by atoms with Crippen molar-refractivity contribution in [2.75, 3.05) is 6.54 Å². The molecule has 0 fully saturated rings. The molecular formula is C24H33NO2. The Balaban J connectivity index is 1.80. The van der Waals surface area contributed by atoms with Crippen molar-refractivity contribution in [2.24, 2.45) is 0 Å². The van der Waals surface area contributed by atoms with Crippen molar-refractivity contribution in [2.45, 2.75) is 65.9 Å². The maximum Gasteiger partial charge on any atom is 0.261 e. The highest BCUT2D eigenvalue weighted by molar-refractivity contribution is 5.81. The van der Waals surface area contributed by atoms with Gasteiger partial charge in [-0.15, -0.1) is 0 Å². The lowest BCUT2D eigenvalue weighted by Crippen LogP contribution is -2.38. The number of aryl methyl sites for hydroxylation is 3. The summed E-state index contributed by atoms with van der Waals surface area (Å²) in [7, 11) is 0. The lowest BCUT2D eigenvalue weighted by Gasteiger charge is -2.19. The lowest BCUT2D eigenvalue weighted by molar-refractivity contribution is -0.128. The summed E-state index contributed by atoms with van der Waals surface area (Å²) in [5.41, 5.74) is 4.86. The zero-order valence-corrected chi connectivity index (χ0v) is 17.3. The highest BCUT2D eigenvalue weighted by Gasteiger charge is 2.18. The standard InChI is InChI=1S/C24H33NO2/c1-6-22(27-23-16-18(4)9-10-19(23)5)24(26)25-15-7-8-20-11-13-21(14-12-20)17(2)3/h9-14,16-17,22H,6-8,15H2,1-5H3,(H,25,26)/t22-/m1/s1. The fourth-order valence-electron chi connectivity index (χ4n) is 3.00. The number of carbonyl (C=O) groups is 1. The zero-order chi connectivity index (χ0) is 19.8. The molecule has 0 radical (unpaired) electrons. The van der Waals surface area contributed by atoms with Crippen molar-refractivity contribution < 1.29 is 9.53 Å². The van der Waals surface area contributed by atoms with Gasteiger partial charge in [0.2, 0.25) is 0 Å². The van der Waals surface area contributed by atoms with Crippen LogP contribution in [0, 0.1) is 13.8 Å². The molecule has 0 aliphatic rings. The highest BCUT2D eigenvalue weighted by atomic mass is 16.5. The van der Waals surface area contributed by atoms with E-state index in [-0.39, 0.29) is 5.91 Å². The smallest absolute Gasteiger partial charge is 0.261 e. The molecule has 0 aromatic heterocycles. The third-order valence-corrected chi connectivity index (χ3v) is 4.86. The minimum atomic E-state index is -0.448. The molecule has 3 nitrogen and oxygen atoms in total. The fourth-order valence-corrected chi connectivity index (χ4v) is 3.00. The number of hydrogen-bond acceptors (Lipinski definition) is 2. The van der Waals surface area contributed by atoms with Crippen LogP contribution >= 0.6 is 0 Å². The normalized spacial score (nSPS) is 12.1. The number of nitrogens with one attached hydrogen (secondary N) is 1. The second-order valence-electron chi connectivity index (χ2n) is 7.57. The minimum Gasteiger partial charge on any atom is -0.480 e. The van der Waals surface area contributed by atoms with Gasteiger partial charge in [0, 0.05) is 6.54 Å². The van der Waals surface area contributed by atoms with Gasteiger partial charge in [-0.05, 0) is 67.3 Å². The van der Waals surface area contributed by atoms with Gasteiger partial charge in [0.1, 0.15) is 5.75 Å². The number of ether oxygens (including phenoxy) is 1. The van der Waals surface area contributed by atoms with Crippen molar-refractivity contribution >= 4 is 5.91 Å². The molecule has 0 spiro atoms. The Morgan fingerprint density at radius 2 is 1.78 bits per heavy atom. The average molecular weight is 368 g/mol. The van der Waals surface area contributed by atoms with E-state index in [1.54, 1.807) is 0 Å². The molecule has 1 N–H and O–H groups in total. The van der Waals surface area contributed by atoms with Gasteiger partial charge >= 0.3 is 0 Å². The number of amides is 1. The second-order valence-corrected chi connectivity index (χ2v) is 7.57. The van der Waals surface area contributed by atoms with Crippen molar-refractivity contribution in [1.29, 1.82) is 0 Å². The Hall–Kier alpha value is -2.29. The van der Waals surface area contributed by atoms with Crippen molar-refractivity contribution in [3.05, 3.63) is 64.7 Å². The van der Waals surface area contributed by atoms with Gasteiger partial charge in [-0.25, -0.2) is 0 Å². The molecule has 1 atom stereocenters. The largest absolute Gasteiger partial charge is 0.480 e. The van der Waals surface area contributed by atoms with Crippen molar-refractivity contribution in [3.8, 4) is 5.75 Å². The Labute approximate surface area is 164 Å². The molecule has 0 aliphatic heterocycles. The van der Waals surface area contributed by atoms with Gasteiger partial charge in [-0.3, -0.25) is 4.79 Å². The van der Waals surface area contributed by atoms with Gasteiger partial charge < -0.3 is 10.1 Å². The Kier molecular flexibility index (Phi) is 7.90. The molecule has 0 heterocycles. The van der Waals surface area contributed by atoms with Crippen molar-refractivity contribution in [1.82, 2.24) is 5.32 Å². The molecule has 146 valence electrons. The van der Waals surface area contributed by atoms with Crippen LogP contribution in [0.2, 0.25) is 0 Å². The van der Waals surface area contributed by atoms with E-state index in [4.69, 9.17) is 4.74 Å². The van der Waals surface area contributed by atoms with E-state index in [0.29, 0.717) is 18.9 Å². The monoisotopic (exact) mass is 367 g/mol. The van der Waals surface area contributed by atoms with E-state index >= 15 is 0 Å². The molecule has 1 amide bonds. The van der Waals surface area contributed by atoms with Crippen LogP contribution < -0.4 is 10.1 Å². The molecule has 2 rings (SSSR count). The van der Waals surface area contributed by atoms with E-state index < -0.39 is 6.10 Å². The van der Waals surface area contributed by atoms with Gasteiger partial charge in [-0.1, -0.05) is 57.2 Å². The van der Waals surface area contributed by atoms with Crippen molar-refractivity contribution in [3.63, 3.8) is 0 Å². The minimum absolute atomic E-state index is 0.0337. The summed E-state index contributed by atoms with van der Waals surface area (Å²) in [4.78, 5) is 12.5. The van der Waals surface area contributed by atoms with Crippen LogP contribution in [0.5, 0.6) is 5.75 Å². The van der Waals surface area contributed by atoms with E-state index in [9.17, 15) is 4.79 Å². The summed E-state index contributed by atoms with van der Waals surface area (Å²) in [5.74, 6) is 1.32. The summed E-state index contributed by atoms with van der Waals surface area (Å²) in [6, 6.07) is 14.8. The third kappa shape index (κ3) is 6.42. The number of carbonyl (C=O) groups excluding carboxylic acids is 1. The van der Waals surface area contributed by atoms with Crippen LogP contribution in [0.4, 0.5) is 0 Å². The van der Waals surface area contributed by atoms with E-state index in [2.05, 4.69) is 49.5 Å². The number of rotatable bonds is 9. The molecule has 0 saturated carbocycles. The summed E-state index contributed by atoms with van der Waals surface area (Å²) in [6.45, 7) is 11.1.